The zero-order chi connectivity index (χ0) is 16.4. The second-order valence-corrected chi connectivity index (χ2v) is 6.49. The molecular formula is C19H21N3O. The number of carbonyl (C=O) groups is 1. The number of fused-ring (bicyclic) bond motifs is 1. The van der Waals surface area contributed by atoms with Crippen LogP contribution in [-0.2, 0) is 4.79 Å². The highest BCUT2D eigenvalue weighted by atomic mass is 16.2. The molecule has 0 bridgehead atoms. The summed E-state index contributed by atoms with van der Waals surface area (Å²) in [5.41, 5.74) is 0.278. The van der Waals surface area contributed by atoms with Gasteiger partial charge in [0, 0.05) is 18.1 Å². The fourth-order valence-corrected chi connectivity index (χ4v) is 3.05. The molecule has 1 unspecified atom stereocenters. The molecular weight excluding hydrogens is 286 g/mol. The van der Waals surface area contributed by atoms with Crippen molar-refractivity contribution in [3.05, 3.63) is 42.5 Å². The molecule has 0 spiro atoms. The molecule has 1 aliphatic rings. The number of rotatable bonds is 5. The number of hydrogen-bond acceptors (Lipinski definition) is 3. The van der Waals surface area contributed by atoms with Crippen molar-refractivity contribution in [2.75, 3.05) is 18.5 Å². The molecule has 1 N–H and O–H groups in total. The van der Waals surface area contributed by atoms with Gasteiger partial charge in [0.25, 0.3) is 0 Å². The van der Waals surface area contributed by atoms with E-state index in [0.717, 1.165) is 29.3 Å². The quantitative estimate of drug-likeness (QED) is 0.923. The summed E-state index contributed by atoms with van der Waals surface area (Å²) in [6.45, 7) is 2.05. The van der Waals surface area contributed by atoms with E-state index in [2.05, 4.69) is 29.6 Å². The minimum atomic E-state index is -0.739. The number of hydrogen-bond donors (Lipinski definition) is 1. The van der Waals surface area contributed by atoms with Crippen molar-refractivity contribution < 1.29 is 4.79 Å². The highest BCUT2D eigenvalue weighted by Gasteiger charge is 2.43. The Labute approximate surface area is 136 Å². The van der Waals surface area contributed by atoms with Crippen LogP contribution >= 0.6 is 0 Å². The second-order valence-electron chi connectivity index (χ2n) is 6.49. The van der Waals surface area contributed by atoms with Crippen molar-refractivity contribution >= 4 is 22.4 Å². The Morgan fingerprint density at radius 2 is 2.00 bits per heavy atom. The van der Waals surface area contributed by atoms with Crippen molar-refractivity contribution in [2.45, 2.75) is 25.3 Å². The van der Waals surface area contributed by atoms with E-state index in [1.54, 1.807) is 0 Å². The van der Waals surface area contributed by atoms with Crippen LogP contribution in [0, 0.1) is 17.2 Å². The topological polar surface area (TPSA) is 56.1 Å². The van der Waals surface area contributed by atoms with Gasteiger partial charge in [0.05, 0.1) is 12.6 Å². The van der Waals surface area contributed by atoms with Crippen LogP contribution in [0.1, 0.15) is 19.8 Å². The Bertz CT molecular complexity index is 770. The van der Waals surface area contributed by atoms with Gasteiger partial charge in [-0.3, -0.25) is 4.79 Å². The van der Waals surface area contributed by atoms with E-state index in [-0.39, 0.29) is 12.5 Å². The van der Waals surface area contributed by atoms with Crippen LogP contribution in [0.15, 0.2) is 42.5 Å². The van der Waals surface area contributed by atoms with Gasteiger partial charge in [0.2, 0.25) is 5.91 Å². The largest absolute Gasteiger partial charge is 0.365 e. The van der Waals surface area contributed by atoms with E-state index in [1.807, 2.05) is 43.1 Å². The number of nitrogens with one attached hydrogen (secondary N) is 1. The number of nitrogens with zero attached hydrogens (tertiary/aromatic N) is 2. The molecule has 0 aliphatic heterocycles. The minimum absolute atomic E-state index is 0.114. The Hall–Kier alpha value is -2.54. The molecule has 1 atom stereocenters. The first-order valence-electron chi connectivity index (χ1n) is 7.94. The Kier molecular flexibility index (Phi) is 3.96. The van der Waals surface area contributed by atoms with Gasteiger partial charge in [0.15, 0.2) is 0 Å². The van der Waals surface area contributed by atoms with Crippen LogP contribution in [0.2, 0.25) is 0 Å². The molecule has 3 rings (SSSR count). The van der Waals surface area contributed by atoms with Crippen LogP contribution in [0.5, 0.6) is 0 Å². The maximum absolute atomic E-state index is 12.4. The molecule has 4 nitrogen and oxygen atoms in total. The lowest BCUT2D eigenvalue weighted by molar-refractivity contribution is -0.121. The first kappa shape index (κ1) is 15.4. The Morgan fingerprint density at radius 1 is 1.30 bits per heavy atom. The maximum atomic E-state index is 12.4. The first-order chi connectivity index (χ1) is 11.0. The van der Waals surface area contributed by atoms with Gasteiger partial charge in [-0.1, -0.05) is 36.4 Å². The highest BCUT2D eigenvalue weighted by Crippen LogP contribution is 2.39. The molecule has 4 heteroatoms. The third kappa shape index (κ3) is 3.14. The van der Waals surface area contributed by atoms with Gasteiger partial charge < -0.3 is 10.2 Å². The van der Waals surface area contributed by atoms with E-state index >= 15 is 0 Å². The molecule has 0 radical (unpaired) electrons. The lowest BCUT2D eigenvalue weighted by Crippen LogP contribution is -2.49. The summed E-state index contributed by atoms with van der Waals surface area (Å²) in [6.07, 6.45) is 2.03. The average Bonchev–Trinajstić information content (AvgIpc) is 3.39. The van der Waals surface area contributed by atoms with Gasteiger partial charge in [-0.05, 0) is 37.1 Å². The molecule has 23 heavy (non-hydrogen) atoms. The molecule has 1 saturated carbocycles. The number of nitriles is 1. The van der Waals surface area contributed by atoms with Crippen molar-refractivity contribution in [3.8, 4) is 6.07 Å². The number of likely N-dealkylation sites (N-methyl/N-ethyl adjacent to an activating group) is 1. The Balaban J connectivity index is 1.74. The van der Waals surface area contributed by atoms with Crippen LogP contribution in [0.4, 0.5) is 5.69 Å². The summed E-state index contributed by atoms with van der Waals surface area (Å²) in [7, 11) is 1.90. The number of anilines is 1. The molecule has 1 aliphatic carbocycles. The fourth-order valence-electron chi connectivity index (χ4n) is 3.05. The zero-order valence-corrected chi connectivity index (χ0v) is 13.5. The second kappa shape index (κ2) is 5.92. The van der Waals surface area contributed by atoms with Crippen LogP contribution in [0.25, 0.3) is 10.8 Å². The predicted octanol–water partition coefficient (Wildman–Crippen LogP) is 3.08. The van der Waals surface area contributed by atoms with Crippen LogP contribution < -0.4 is 10.2 Å². The Morgan fingerprint density at radius 3 is 2.70 bits per heavy atom. The number of benzene rings is 2. The lowest BCUT2D eigenvalue weighted by atomic mass is 9.98. The first-order valence-corrected chi connectivity index (χ1v) is 7.94. The summed E-state index contributed by atoms with van der Waals surface area (Å²) in [6, 6.07) is 16.5. The summed E-state index contributed by atoms with van der Waals surface area (Å²) >= 11 is 0. The normalized spacial score (nSPS) is 16.4. The van der Waals surface area contributed by atoms with Gasteiger partial charge in [0.1, 0.15) is 5.54 Å². The molecule has 0 aromatic heterocycles. The van der Waals surface area contributed by atoms with Gasteiger partial charge >= 0.3 is 0 Å². The highest BCUT2D eigenvalue weighted by molar-refractivity contribution is 5.95. The molecule has 2 aromatic rings. The van der Waals surface area contributed by atoms with E-state index in [9.17, 15) is 10.1 Å². The summed E-state index contributed by atoms with van der Waals surface area (Å²) in [4.78, 5) is 14.3. The molecule has 1 amide bonds. The van der Waals surface area contributed by atoms with Crippen molar-refractivity contribution in [1.29, 1.82) is 5.26 Å². The third-order valence-electron chi connectivity index (χ3n) is 4.58. The molecule has 118 valence electrons. The van der Waals surface area contributed by atoms with Crippen molar-refractivity contribution in [2.24, 2.45) is 5.92 Å². The number of amides is 1. The zero-order valence-electron chi connectivity index (χ0n) is 13.5. The number of carbonyl (C=O) groups excluding carboxylic acids is 1. The van der Waals surface area contributed by atoms with Crippen molar-refractivity contribution in [1.82, 2.24) is 5.32 Å². The smallest absolute Gasteiger partial charge is 0.240 e. The average molecular weight is 307 g/mol. The monoisotopic (exact) mass is 307 g/mol. The minimum Gasteiger partial charge on any atom is -0.365 e. The summed E-state index contributed by atoms with van der Waals surface area (Å²) < 4.78 is 0. The van der Waals surface area contributed by atoms with Crippen LogP contribution in [-0.4, -0.2) is 25.0 Å². The lowest BCUT2D eigenvalue weighted by Gasteiger charge is -2.26. The van der Waals surface area contributed by atoms with Gasteiger partial charge in [-0.15, -0.1) is 0 Å². The molecule has 0 saturated heterocycles. The van der Waals surface area contributed by atoms with E-state index in [1.165, 1.54) is 0 Å². The third-order valence-corrected chi connectivity index (χ3v) is 4.58. The van der Waals surface area contributed by atoms with Crippen molar-refractivity contribution in [3.63, 3.8) is 0 Å². The summed E-state index contributed by atoms with van der Waals surface area (Å²) in [5, 5.41) is 14.5. The van der Waals surface area contributed by atoms with Gasteiger partial charge in [-0.25, -0.2) is 0 Å². The SMILES string of the molecule is CN(CC(=O)NC(C)(C#N)C1CC1)c1cccc2ccccc12. The fraction of sp³-hybridized carbons (Fsp3) is 0.368. The molecule has 0 heterocycles. The van der Waals surface area contributed by atoms with E-state index in [4.69, 9.17) is 0 Å². The standard InChI is InChI=1S/C19H21N3O/c1-19(13-20,15-10-11-15)21-18(23)12-22(2)17-9-5-7-14-6-3-4-8-16(14)17/h3-9,15H,10-12H2,1-2H3,(H,21,23). The maximum Gasteiger partial charge on any atom is 0.240 e. The molecule has 1 fully saturated rings. The molecule has 2 aromatic carbocycles. The van der Waals surface area contributed by atoms with E-state index in [0.29, 0.717) is 5.92 Å². The van der Waals surface area contributed by atoms with E-state index < -0.39 is 5.54 Å². The van der Waals surface area contributed by atoms with Crippen LogP contribution in [0.3, 0.4) is 0 Å². The summed E-state index contributed by atoms with van der Waals surface area (Å²) in [5.74, 6) is 0.177. The van der Waals surface area contributed by atoms with Gasteiger partial charge in [-0.2, -0.15) is 5.26 Å². The predicted molar refractivity (Wildman–Crippen MR) is 92.1 cm³/mol.